The van der Waals surface area contributed by atoms with Crippen molar-refractivity contribution >= 4 is 30.1 Å². The number of rotatable bonds is 3. The summed E-state index contributed by atoms with van der Waals surface area (Å²) < 4.78 is 10.8. The van der Waals surface area contributed by atoms with Crippen LogP contribution in [0.1, 0.15) is 71.3 Å². The number of carbonyl (C=O) groups excluding carboxylic acids is 3. The molecule has 6 nitrogen and oxygen atoms in total. The smallest absolute Gasteiger partial charge is 0.420 e. The lowest BCUT2D eigenvalue weighted by molar-refractivity contribution is -0.0197. The normalized spacial score (nSPS) is 12.3. The van der Waals surface area contributed by atoms with Crippen LogP contribution in [0.15, 0.2) is 18.2 Å². The van der Waals surface area contributed by atoms with Crippen LogP contribution in [-0.4, -0.2) is 34.6 Å². The zero-order valence-corrected chi connectivity index (χ0v) is 17.9. The molecule has 7 heteroatoms. The third kappa shape index (κ3) is 6.24. The molecule has 0 aliphatic rings. The number of benzene rings is 1. The molecule has 0 spiro atoms. The zero-order valence-electron chi connectivity index (χ0n) is 17.2. The highest BCUT2D eigenvalue weighted by molar-refractivity contribution is 6.30. The predicted octanol–water partition coefficient (Wildman–Crippen LogP) is 5.56. The Morgan fingerprint density at radius 2 is 1.37 bits per heavy atom. The standard InChI is InChI=1S/C20H28ClNO5/c1-18(2,3)26-16(24)22(17(25)27-19(4,5)6)20(7,8)15-11-14(21)10-9-13(15)12-23/h9-12H,1-8H3. The molecule has 0 aromatic heterocycles. The van der Waals surface area contributed by atoms with Gasteiger partial charge in [0.05, 0.1) is 5.54 Å². The Hall–Kier alpha value is -2.08. The van der Waals surface area contributed by atoms with Crippen molar-refractivity contribution in [2.24, 2.45) is 0 Å². The van der Waals surface area contributed by atoms with E-state index in [1.165, 1.54) is 6.07 Å². The molecule has 0 aliphatic carbocycles. The molecule has 1 aromatic rings. The molecule has 1 rings (SSSR count). The van der Waals surface area contributed by atoms with Gasteiger partial charge in [-0.1, -0.05) is 11.6 Å². The van der Waals surface area contributed by atoms with Gasteiger partial charge in [0.15, 0.2) is 0 Å². The number of ether oxygens (including phenoxy) is 2. The van der Waals surface area contributed by atoms with E-state index in [9.17, 15) is 14.4 Å². The van der Waals surface area contributed by atoms with Gasteiger partial charge < -0.3 is 9.47 Å². The van der Waals surface area contributed by atoms with E-state index < -0.39 is 28.9 Å². The number of hydrogen-bond acceptors (Lipinski definition) is 5. The van der Waals surface area contributed by atoms with Gasteiger partial charge in [-0.2, -0.15) is 0 Å². The Kier molecular flexibility index (Phi) is 6.71. The van der Waals surface area contributed by atoms with Crippen molar-refractivity contribution in [3.05, 3.63) is 34.3 Å². The lowest BCUT2D eigenvalue weighted by atomic mass is 9.89. The average molecular weight is 398 g/mol. The van der Waals surface area contributed by atoms with Crippen molar-refractivity contribution < 1.29 is 23.9 Å². The summed E-state index contributed by atoms with van der Waals surface area (Å²) in [5.41, 5.74) is -2.20. The van der Waals surface area contributed by atoms with E-state index in [2.05, 4.69) is 0 Å². The molecule has 0 radical (unpaired) electrons. The van der Waals surface area contributed by atoms with Crippen LogP contribution in [0, 0.1) is 0 Å². The van der Waals surface area contributed by atoms with E-state index >= 15 is 0 Å². The molecule has 2 amide bonds. The van der Waals surface area contributed by atoms with Gasteiger partial charge in [0.2, 0.25) is 0 Å². The second kappa shape index (κ2) is 7.89. The van der Waals surface area contributed by atoms with Crippen LogP contribution in [0.5, 0.6) is 0 Å². The maximum atomic E-state index is 12.9. The molecule has 0 unspecified atom stereocenters. The van der Waals surface area contributed by atoms with Crippen LogP contribution in [0.25, 0.3) is 0 Å². The third-order valence-corrected chi connectivity index (χ3v) is 3.75. The minimum absolute atomic E-state index is 0.307. The van der Waals surface area contributed by atoms with Gasteiger partial charge in [0, 0.05) is 10.6 Å². The van der Waals surface area contributed by atoms with Crippen molar-refractivity contribution in [3.8, 4) is 0 Å². The van der Waals surface area contributed by atoms with E-state index in [0.29, 0.717) is 22.4 Å². The number of halogens is 1. The SMILES string of the molecule is CC(C)(C)OC(=O)N(C(=O)OC(C)(C)C)C(C)(C)c1cc(Cl)ccc1C=O. The second-order valence-corrected chi connectivity index (χ2v) is 9.14. The van der Waals surface area contributed by atoms with E-state index in [0.717, 1.165) is 4.90 Å². The van der Waals surface area contributed by atoms with E-state index in [4.69, 9.17) is 21.1 Å². The summed E-state index contributed by atoms with van der Waals surface area (Å²) in [5, 5.41) is 0.372. The Balaban J connectivity index is 3.52. The first kappa shape index (κ1) is 23.0. The van der Waals surface area contributed by atoms with E-state index in [-0.39, 0.29) is 0 Å². The molecule has 0 fully saturated rings. The summed E-state index contributed by atoms with van der Waals surface area (Å²) in [6.07, 6.45) is -1.10. The fourth-order valence-electron chi connectivity index (χ4n) is 2.43. The minimum atomic E-state index is -1.26. The van der Waals surface area contributed by atoms with Gasteiger partial charge in [0.1, 0.15) is 17.5 Å². The molecule has 0 N–H and O–H groups in total. The fourth-order valence-corrected chi connectivity index (χ4v) is 2.60. The van der Waals surface area contributed by atoms with Crippen molar-refractivity contribution in [3.63, 3.8) is 0 Å². The monoisotopic (exact) mass is 397 g/mol. The molecule has 0 aliphatic heterocycles. The van der Waals surface area contributed by atoms with Crippen LogP contribution >= 0.6 is 11.6 Å². The number of aldehydes is 1. The Bertz CT molecular complexity index is 701. The first-order valence-corrected chi connectivity index (χ1v) is 8.97. The summed E-state index contributed by atoms with van der Waals surface area (Å²) in [5.74, 6) is 0. The molecule has 0 atom stereocenters. The fraction of sp³-hybridized carbons (Fsp3) is 0.550. The van der Waals surface area contributed by atoms with Crippen LogP contribution < -0.4 is 0 Å². The van der Waals surface area contributed by atoms with Crippen molar-refractivity contribution in [2.45, 2.75) is 72.1 Å². The van der Waals surface area contributed by atoms with E-state index in [1.54, 1.807) is 67.5 Å². The summed E-state index contributed by atoms with van der Waals surface area (Å²) in [6, 6.07) is 4.65. The quantitative estimate of drug-likeness (QED) is 0.624. The predicted molar refractivity (Wildman–Crippen MR) is 104 cm³/mol. The van der Waals surface area contributed by atoms with E-state index in [1.807, 2.05) is 0 Å². The van der Waals surface area contributed by atoms with Crippen LogP contribution in [0.3, 0.4) is 0 Å². The number of hydrogen-bond donors (Lipinski definition) is 0. The molecule has 0 bridgehead atoms. The first-order valence-electron chi connectivity index (χ1n) is 8.60. The van der Waals surface area contributed by atoms with Crippen LogP contribution in [0.4, 0.5) is 9.59 Å². The number of amides is 2. The van der Waals surface area contributed by atoms with Crippen LogP contribution in [0.2, 0.25) is 5.02 Å². The maximum Gasteiger partial charge on any atom is 0.420 e. The van der Waals surface area contributed by atoms with Gasteiger partial charge in [-0.15, -0.1) is 0 Å². The molecule has 27 heavy (non-hydrogen) atoms. The molecule has 1 aromatic carbocycles. The molecule has 150 valence electrons. The number of nitrogens with zero attached hydrogens (tertiary/aromatic N) is 1. The maximum absolute atomic E-state index is 12.9. The molecular weight excluding hydrogens is 370 g/mol. The van der Waals surface area contributed by atoms with Gasteiger partial charge in [-0.3, -0.25) is 4.79 Å². The Labute approximate surface area is 165 Å². The minimum Gasteiger partial charge on any atom is -0.443 e. The Morgan fingerprint density at radius 1 is 0.926 bits per heavy atom. The molecule has 0 heterocycles. The number of carbonyl (C=O) groups is 3. The summed E-state index contributed by atoms with van der Waals surface area (Å²) in [6.45, 7) is 13.4. The van der Waals surface area contributed by atoms with Gasteiger partial charge in [-0.05, 0) is 79.2 Å². The third-order valence-electron chi connectivity index (χ3n) is 3.51. The number of imide groups is 1. The highest BCUT2D eigenvalue weighted by atomic mass is 35.5. The van der Waals surface area contributed by atoms with Gasteiger partial charge in [-0.25, -0.2) is 14.5 Å². The lowest BCUT2D eigenvalue weighted by Gasteiger charge is -2.39. The zero-order chi connectivity index (χ0) is 21.2. The summed E-state index contributed by atoms with van der Waals surface area (Å²) in [7, 11) is 0. The topological polar surface area (TPSA) is 72.9 Å². The van der Waals surface area contributed by atoms with Crippen molar-refractivity contribution in [2.75, 3.05) is 0 Å². The van der Waals surface area contributed by atoms with Crippen LogP contribution in [-0.2, 0) is 15.0 Å². The van der Waals surface area contributed by atoms with Crippen molar-refractivity contribution in [1.82, 2.24) is 4.90 Å². The lowest BCUT2D eigenvalue weighted by Crippen LogP contribution is -2.52. The average Bonchev–Trinajstić information content (AvgIpc) is 2.42. The largest absolute Gasteiger partial charge is 0.443 e. The van der Waals surface area contributed by atoms with Crippen molar-refractivity contribution in [1.29, 1.82) is 0 Å². The molecule has 0 saturated heterocycles. The first-order chi connectivity index (χ1) is 12.1. The summed E-state index contributed by atoms with van der Waals surface area (Å²) in [4.78, 5) is 38.1. The second-order valence-electron chi connectivity index (χ2n) is 8.70. The van der Waals surface area contributed by atoms with Gasteiger partial charge in [0.25, 0.3) is 0 Å². The highest BCUT2D eigenvalue weighted by Crippen LogP contribution is 2.34. The molecular formula is C20H28ClNO5. The molecule has 0 saturated carbocycles. The Morgan fingerprint density at radius 3 is 1.74 bits per heavy atom. The van der Waals surface area contributed by atoms with Gasteiger partial charge >= 0.3 is 12.2 Å². The summed E-state index contributed by atoms with van der Waals surface area (Å²) >= 11 is 6.09. The highest BCUT2D eigenvalue weighted by Gasteiger charge is 2.43.